The number of hydrogen-bond donors (Lipinski definition) is 3. The van der Waals surface area contributed by atoms with Crippen molar-refractivity contribution in [1.82, 2.24) is 5.32 Å². The largest absolute Gasteiger partial charge is 0.396 e. The molecule has 0 fully saturated rings. The molecule has 1 rings (SSSR count). The van der Waals surface area contributed by atoms with Gasteiger partial charge in [0.2, 0.25) is 0 Å². The van der Waals surface area contributed by atoms with E-state index in [4.69, 9.17) is 10.2 Å². The van der Waals surface area contributed by atoms with E-state index < -0.39 is 0 Å². The van der Waals surface area contributed by atoms with Crippen molar-refractivity contribution in [3.8, 4) is 0 Å². The second-order valence-electron chi connectivity index (χ2n) is 4.35. The highest BCUT2D eigenvalue weighted by atomic mass is 16.3. The number of carbonyl (C=O) groups excluding carboxylic acids is 1. The Kier molecular flexibility index (Phi) is 6.39. The van der Waals surface area contributed by atoms with Crippen LogP contribution in [0, 0.1) is 5.92 Å². The molecule has 1 amide bonds. The summed E-state index contributed by atoms with van der Waals surface area (Å²) in [5, 5.41) is 20.6. The molecule has 18 heavy (non-hydrogen) atoms. The summed E-state index contributed by atoms with van der Waals surface area (Å²) in [6, 6.07) is 6.88. The van der Waals surface area contributed by atoms with E-state index in [0.717, 1.165) is 12.0 Å². The minimum absolute atomic E-state index is 0.0176. The molecule has 1 atom stereocenters. The van der Waals surface area contributed by atoms with Crippen LogP contribution >= 0.6 is 0 Å². The lowest BCUT2D eigenvalue weighted by Gasteiger charge is -2.14. The molecule has 0 saturated heterocycles. The highest BCUT2D eigenvalue weighted by Gasteiger charge is 2.09. The Morgan fingerprint density at radius 3 is 2.44 bits per heavy atom. The van der Waals surface area contributed by atoms with Crippen molar-refractivity contribution < 1.29 is 15.0 Å². The summed E-state index contributed by atoms with van der Waals surface area (Å²) < 4.78 is 0. The predicted molar refractivity (Wildman–Crippen MR) is 70.2 cm³/mol. The summed E-state index contributed by atoms with van der Waals surface area (Å²) in [6.07, 6.45) is 1.64. The molecule has 4 nitrogen and oxygen atoms in total. The first kappa shape index (κ1) is 14.7. The van der Waals surface area contributed by atoms with E-state index >= 15 is 0 Å². The molecule has 1 unspecified atom stereocenters. The summed E-state index contributed by atoms with van der Waals surface area (Å²) in [5.41, 5.74) is 1.38. The van der Waals surface area contributed by atoms with Gasteiger partial charge in [0.15, 0.2) is 0 Å². The van der Waals surface area contributed by atoms with Crippen LogP contribution in [0.2, 0.25) is 0 Å². The molecule has 0 saturated carbocycles. The van der Waals surface area contributed by atoms with Crippen molar-refractivity contribution in [3.63, 3.8) is 0 Å². The molecular weight excluding hydrogens is 230 g/mol. The van der Waals surface area contributed by atoms with Crippen LogP contribution < -0.4 is 5.32 Å². The van der Waals surface area contributed by atoms with Crippen molar-refractivity contribution in [3.05, 3.63) is 35.4 Å². The number of benzene rings is 1. The van der Waals surface area contributed by atoms with Gasteiger partial charge in [0.1, 0.15) is 0 Å². The van der Waals surface area contributed by atoms with Gasteiger partial charge in [-0.3, -0.25) is 4.79 Å². The van der Waals surface area contributed by atoms with Crippen molar-refractivity contribution in [2.45, 2.75) is 26.4 Å². The van der Waals surface area contributed by atoms with Gasteiger partial charge in [0, 0.05) is 18.7 Å². The van der Waals surface area contributed by atoms with Gasteiger partial charge >= 0.3 is 0 Å². The van der Waals surface area contributed by atoms with Crippen LogP contribution in [0.15, 0.2) is 24.3 Å². The molecule has 4 heteroatoms. The SMILES string of the molecule is CCC(CCO)CNC(=O)c1ccc(CO)cc1. The van der Waals surface area contributed by atoms with E-state index in [1.165, 1.54) is 0 Å². The van der Waals surface area contributed by atoms with Gasteiger partial charge in [-0.2, -0.15) is 0 Å². The summed E-state index contributed by atoms with van der Waals surface area (Å²) in [6.45, 7) is 2.76. The standard InChI is InChI=1S/C14H21NO3/c1-2-11(7-8-16)9-15-14(18)13-5-3-12(10-17)4-6-13/h3-6,11,16-17H,2,7-10H2,1H3,(H,15,18). The third-order valence-electron chi connectivity index (χ3n) is 3.06. The first-order valence-electron chi connectivity index (χ1n) is 6.30. The number of aliphatic hydroxyl groups is 2. The zero-order valence-electron chi connectivity index (χ0n) is 10.7. The molecule has 100 valence electrons. The molecule has 0 aliphatic heterocycles. The van der Waals surface area contributed by atoms with Crippen LogP contribution in [0.4, 0.5) is 0 Å². The Labute approximate surface area is 108 Å². The quantitative estimate of drug-likeness (QED) is 0.684. The molecule has 0 bridgehead atoms. The first-order chi connectivity index (χ1) is 8.71. The van der Waals surface area contributed by atoms with Crippen molar-refractivity contribution in [2.75, 3.05) is 13.2 Å². The lowest BCUT2D eigenvalue weighted by molar-refractivity contribution is 0.0943. The Balaban J connectivity index is 2.48. The van der Waals surface area contributed by atoms with Crippen LogP contribution in [0.5, 0.6) is 0 Å². The van der Waals surface area contributed by atoms with Gasteiger partial charge in [-0.05, 0) is 30.0 Å². The maximum atomic E-state index is 11.8. The van der Waals surface area contributed by atoms with E-state index in [1.807, 2.05) is 6.92 Å². The van der Waals surface area contributed by atoms with Crippen LogP contribution in [0.3, 0.4) is 0 Å². The van der Waals surface area contributed by atoms with Crippen molar-refractivity contribution >= 4 is 5.91 Å². The van der Waals surface area contributed by atoms with Crippen molar-refractivity contribution in [2.24, 2.45) is 5.92 Å². The number of nitrogens with one attached hydrogen (secondary N) is 1. The molecule has 0 aliphatic carbocycles. The molecule has 3 N–H and O–H groups in total. The fraction of sp³-hybridized carbons (Fsp3) is 0.500. The normalized spacial score (nSPS) is 12.2. The van der Waals surface area contributed by atoms with Gasteiger partial charge < -0.3 is 15.5 Å². The summed E-state index contributed by atoms with van der Waals surface area (Å²) in [4.78, 5) is 11.8. The topological polar surface area (TPSA) is 69.6 Å². The van der Waals surface area contributed by atoms with Crippen LogP contribution in [0.1, 0.15) is 35.7 Å². The second kappa shape index (κ2) is 7.84. The second-order valence-corrected chi connectivity index (χ2v) is 4.35. The fourth-order valence-electron chi connectivity index (χ4n) is 1.73. The summed E-state index contributed by atoms with van der Waals surface area (Å²) in [5.74, 6) is 0.201. The zero-order valence-corrected chi connectivity index (χ0v) is 10.7. The van der Waals surface area contributed by atoms with Gasteiger partial charge in [-0.1, -0.05) is 25.5 Å². The van der Waals surface area contributed by atoms with E-state index in [0.29, 0.717) is 24.4 Å². The molecule has 0 radical (unpaired) electrons. The van der Waals surface area contributed by atoms with Gasteiger partial charge in [-0.25, -0.2) is 0 Å². The highest BCUT2D eigenvalue weighted by molar-refractivity contribution is 5.94. The third kappa shape index (κ3) is 4.47. The molecule has 1 aromatic rings. The first-order valence-corrected chi connectivity index (χ1v) is 6.30. The molecule has 0 aromatic heterocycles. The number of aliphatic hydroxyl groups excluding tert-OH is 2. The highest BCUT2D eigenvalue weighted by Crippen LogP contribution is 2.07. The lowest BCUT2D eigenvalue weighted by Crippen LogP contribution is -2.29. The third-order valence-corrected chi connectivity index (χ3v) is 3.06. The summed E-state index contributed by atoms with van der Waals surface area (Å²) >= 11 is 0. The fourth-order valence-corrected chi connectivity index (χ4v) is 1.73. The average molecular weight is 251 g/mol. The van der Waals surface area contributed by atoms with Crippen LogP contribution in [-0.4, -0.2) is 29.3 Å². The van der Waals surface area contributed by atoms with E-state index in [9.17, 15) is 4.79 Å². The minimum Gasteiger partial charge on any atom is -0.396 e. The minimum atomic E-state index is -0.115. The monoisotopic (exact) mass is 251 g/mol. The maximum Gasteiger partial charge on any atom is 0.251 e. The van der Waals surface area contributed by atoms with Gasteiger partial charge in [-0.15, -0.1) is 0 Å². The number of carbonyl (C=O) groups is 1. The molecule has 0 heterocycles. The van der Waals surface area contributed by atoms with E-state index in [1.54, 1.807) is 24.3 Å². The number of hydrogen-bond acceptors (Lipinski definition) is 3. The molecule has 0 aliphatic rings. The molecule has 1 aromatic carbocycles. The van der Waals surface area contributed by atoms with Gasteiger partial charge in [0.05, 0.1) is 6.61 Å². The zero-order chi connectivity index (χ0) is 13.4. The Bertz CT molecular complexity index is 362. The van der Waals surface area contributed by atoms with E-state index in [2.05, 4.69) is 5.32 Å². The van der Waals surface area contributed by atoms with Gasteiger partial charge in [0.25, 0.3) is 5.91 Å². The Morgan fingerprint density at radius 1 is 1.28 bits per heavy atom. The maximum absolute atomic E-state index is 11.8. The van der Waals surface area contributed by atoms with Crippen LogP contribution in [0.25, 0.3) is 0 Å². The molecule has 0 spiro atoms. The Hall–Kier alpha value is -1.39. The number of amides is 1. The Morgan fingerprint density at radius 2 is 1.94 bits per heavy atom. The average Bonchev–Trinajstić information content (AvgIpc) is 2.43. The summed E-state index contributed by atoms with van der Waals surface area (Å²) in [7, 11) is 0. The van der Waals surface area contributed by atoms with Crippen LogP contribution in [-0.2, 0) is 6.61 Å². The molecular formula is C14H21NO3. The van der Waals surface area contributed by atoms with Crippen molar-refractivity contribution in [1.29, 1.82) is 0 Å². The predicted octanol–water partition coefficient (Wildman–Crippen LogP) is 1.32. The smallest absolute Gasteiger partial charge is 0.251 e. The lowest BCUT2D eigenvalue weighted by atomic mass is 10.0. The number of rotatable bonds is 7. The van der Waals surface area contributed by atoms with E-state index in [-0.39, 0.29) is 19.1 Å².